The number of anilines is 1. The molecule has 0 bridgehead atoms. The molecular formula is C15H22FN3S. The largest absolute Gasteiger partial charge is 0.389 e. The van der Waals surface area contributed by atoms with E-state index in [2.05, 4.69) is 23.9 Å². The van der Waals surface area contributed by atoms with E-state index in [9.17, 15) is 4.39 Å². The van der Waals surface area contributed by atoms with Crippen molar-refractivity contribution in [2.75, 3.05) is 38.6 Å². The standard InChI is InChI=1S/C15H22FN3S/c1-18(2)10-11-5-7-19(8-6-11)12-3-4-13(15(17)20)14(16)9-12/h3-4,9,11H,5-8,10H2,1-2H3,(H2,17,20). The van der Waals surface area contributed by atoms with Crippen molar-refractivity contribution in [2.24, 2.45) is 11.7 Å². The Hall–Kier alpha value is -1.20. The van der Waals surface area contributed by atoms with Gasteiger partial charge in [0.15, 0.2) is 0 Å². The molecular weight excluding hydrogens is 273 g/mol. The molecule has 0 amide bonds. The Morgan fingerprint density at radius 2 is 2.05 bits per heavy atom. The average Bonchev–Trinajstić information content (AvgIpc) is 2.38. The van der Waals surface area contributed by atoms with Gasteiger partial charge < -0.3 is 15.5 Å². The van der Waals surface area contributed by atoms with Crippen LogP contribution in [0.4, 0.5) is 10.1 Å². The van der Waals surface area contributed by atoms with Crippen LogP contribution in [0.25, 0.3) is 0 Å². The maximum Gasteiger partial charge on any atom is 0.135 e. The molecule has 0 unspecified atom stereocenters. The zero-order chi connectivity index (χ0) is 14.7. The molecule has 1 fully saturated rings. The fraction of sp³-hybridized carbons (Fsp3) is 0.533. The third-order valence-corrected chi connectivity index (χ3v) is 4.04. The number of thiocarbonyl (C=S) groups is 1. The topological polar surface area (TPSA) is 32.5 Å². The van der Waals surface area contributed by atoms with Gasteiger partial charge in [0.05, 0.1) is 0 Å². The molecule has 1 saturated heterocycles. The van der Waals surface area contributed by atoms with Gasteiger partial charge in [0, 0.05) is 30.9 Å². The van der Waals surface area contributed by atoms with Gasteiger partial charge >= 0.3 is 0 Å². The van der Waals surface area contributed by atoms with Crippen LogP contribution in [0.3, 0.4) is 0 Å². The fourth-order valence-electron chi connectivity index (χ4n) is 2.79. The molecule has 2 N–H and O–H groups in total. The monoisotopic (exact) mass is 295 g/mol. The smallest absolute Gasteiger partial charge is 0.135 e. The Labute approximate surface area is 125 Å². The molecule has 2 rings (SSSR count). The number of piperidine rings is 1. The number of benzene rings is 1. The van der Waals surface area contributed by atoms with Crippen molar-refractivity contribution in [1.29, 1.82) is 0 Å². The molecule has 110 valence electrons. The summed E-state index contributed by atoms with van der Waals surface area (Å²) >= 11 is 4.82. The molecule has 0 aliphatic carbocycles. The Morgan fingerprint density at radius 3 is 2.55 bits per heavy atom. The van der Waals surface area contributed by atoms with Crippen LogP contribution in [0, 0.1) is 11.7 Å². The van der Waals surface area contributed by atoms with E-state index < -0.39 is 0 Å². The van der Waals surface area contributed by atoms with E-state index in [-0.39, 0.29) is 10.8 Å². The lowest BCUT2D eigenvalue weighted by Gasteiger charge is -2.34. The van der Waals surface area contributed by atoms with Gasteiger partial charge in [-0.1, -0.05) is 12.2 Å². The highest BCUT2D eigenvalue weighted by Gasteiger charge is 2.20. The molecule has 1 heterocycles. The average molecular weight is 295 g/mol. The highest BCUT2D eigenvalue weighted by Crippen LogP contribution is 2.25. The van der Waals surface area contributed by atoms with Gasteiger partial charge in [0.2, 0.25) is 0 Å². The quantitative estimate of drug-likeness (QED) is 0.864. The lowest BCUT2D eigenvalue weighted by atomic mass is 9.96. The summed E-state index contributed by atoms with van der Waals surface area (Å²) in [6, 6.07) is 5.13. The highest BCUT2D eigenvalue weighted by molar-refractivity contribution is 7.80. The number of nitrogens with zero attached hydrogens (tertiary/aromatic N) is 2. The molecule has 1 aromatic rings. The molecule has 1 aliphatic heterocycles. The van der Waals surface area contributed by atoms with Crippen molar-refractivity contribution in [3.05, 3.63) is 29.6 Å². The van der Waals surface area contributed by atoms with Crippen LogP contribution in [0.15, 0.2) is 18.2 Å². The summed E-state index contributed by atoms with van der Waals surface area (Å²) in [7, 11) is 4.21. The van der Waals surface area contributed by atoms with E-state index in [0.29, 0.717) is 5.56 Å². The van der Waals surface area contributed by atoms with Crippen molar-refractivity contribution in [2.45, 2.75) is 12.8 Å². The van der Waals surface area contributed by atoms with Crippen LogP contribution in [-0.4, -0.2) is 43.6 Å². The molecule has 3 nitrogen and oxygen atoms in total. The molecule has 5 heteroatoms. The van der Waals surface area contributed by atoms with E-state index in [0.717, 1.165) is 44.1 Å². The lowest BCUT2D eigenvalue weighted by molar-refractivity contribution is 0.285. The normalized spacial score (nSPS) is 16.7. The SMILES string of the molecule is CN(C)CC1CCN(c2ccc(C(N)=S)c(F)c2)CC1. The summed E-state index contributed by atoms with van der Waals surface area (Å²) in [4.78, 5) is 4.58. The molecule has 1 aromatic carbocycles. The predicted molar refractivity (Wildman–Crippen MR) is 85.8 cm³/mol. The number of nitrogens with two attached hydrogens (primary N) is 1. The summed E-state index contributed by atoms with van der Waals surface area (Å²) in [5, 5.41) is 0. The zero-order valence-electron chi connectivity index (χ0n) is 12.1. The van der Waals surface area contributed by atoms with E-state index in [1.54, 1.807) is 12.1 Å². The first-order valence-corrected chi connectivity index (χ1v) is 7.37. The van der Waals surface area contributed by atoms with Crippen molar-refractivity contribution in [3.8, 4) is 0 Å². The summed E-state index contributed by atoms with van der Waals surface area (Å²) in [5.74, 6) is 0.410. The van der Waals surface area contributed by atoms with Gasteiger partial charge in [0.1, 0.15) is 10.8 Å². The van der Waals surface area contributed by atoms with Gasteiger partial charge in [-0.3, -0.25) is 0 Å². The zero-order valence-corrected chi connectivity index (χ0v) is 12.9. The van der Waals surface area contributed by atoms with Gasteiger partial charge in [-0.05, 0) is 51.1 Å². The Balaban J connectivity index is 2.00. The van der Waals surface area contributed by atoms with Crippen LogP contribution in [0.1, 0.15) is 18.4 Å². The van der Waals surface area contributed by atoms with E-state index in [4.69, 9.17) is 18.0 Å². The molecule has 0 spiro atoms. The summed E-state index contributed by atoms with van der Waals surface area (Å²) in [5.41, 5.74) is 6.73. The van der Waals surface area contributed by atoms with Gasteiger partial charge in [0.25, 0.3) is 0 Å². The number of hydrogen-bond donors (Lipinski definition) is 1. The van der Waals surface area contributed by atoms with Crippen molar-refractivity contribution < 1.29 is 4.39 Å². The third-order valence-electron chi connectivity index (χ3n) is 3.82. The molecule has 1 aliphatic rings. The number of halogens is 1. The second kappa shape index (κ2) is 6.50. The first-order chi connectivity index (χ1) is 9.47. The summed E-state index contributed by atoms with van der Waals surface area (Å²) in [6.07, 6.45) is 2.30. The first-order valence-electron chi connectivity index (χ1n) is 6.96. The Morgan fingerprint density at radius 1 is 1.40 bits per heavy atom. The van der Waals surface area contributed by atoms with Gasteiger partial charge in [-0.25, -0.2) is 4.39 Å². The highest BCUT2D eigenvalue weighted by atomic mass is 32.1. The van der Waals surface area contributed by atoms with Crippen molar-refractivity contribution in [3.63, 3.8) is 0 Å². The summed E-state index contributed by atoms with van der Waals surface area (Å²) in [6.45, 7) is 3.08. The van der Waals surface area contributed by atoms with E-state index in [1.165, 1.54) is 0 Å². The minimum atomic E-state index is -0.328. The summed E-state index contributed by atoms with van der Waals surface area (Å²) < 4.78 is 13.9. The Bertz CT molecular complexity index is 482. The maximum absolute atomic E-state index is 13.9. The second-order valence-corrected chi connectivity index (χ2v) is 6.16. The van der Waals surface area contributed by atoms with Crippen LogP contribution in [0.2, 0.25) is 0 Å². The lowest BCUT2D eigenvalue weighted by Crippen LogP contribution is -2.37. The van der Waals surface area contributed by atoms with E-state index in [1.807, 2.05) is 6.07 Å². The fourth-order valence-corrected chi connectivity index (χ4v) is 2.96. The second-order valence-electron chi connectivity index (χ2n) is 5.72. The van der Waals surface area contributed by atoms with Crippen LogP contribution in [0.5, 0.6) is 0 Å². The first kappa shape index (κ1) is 15.2. The van der Waals surface area contributed by atoms with Crippen LogP contribution < -0.4 is 10.6 Å². The molecule has 0 saturated carbocycles. The predicted octanol–water partition coefficient (Wildman–Crippen LogP) is 2.24. The number of rotatable bonds is 4. The third kappa shape index (κ3) is 3.67. The van der Waals surface area contributed by atoms with E-state index >= 15 is 0 Å². The van der Waals surface area contributed by atoms with Gasteiger partial charge in [-0.15, -0.1) is 0 Å². The van der Waals surface area contributed by atoms with Crippen molar-refractivity contribution >= 4 is 22.9 Å². The maximum atomic E-state index is 13.9. The minimum absolute atomic E-state index is 0.110. The molecule has 0 atom stereocenters. The van der Waals surface area contributed by atoms with Crippen LogP contribution in [-0.2, 0) is 0 Å². The Kier molecular flexibility index (Phi) is 4.94. The minimum Gasteiger partial charge on any atom is -0.389 e. The van der Waals surface area contributed by atoms with Crippen molar-refractivity contribution in [1.82, 2.24) is 4.90 Å². The van der Waals surface area contributed by atoms with Gasteiger partial charge in [-0.2, -0.15) is 0 Å². The molecule has 20 heavy (non-hydrogen) atoms. The number of hydrogen-bond acceptors (Lipinski definition) is 3. The molecule has 0 aromatic heterocycles. The van der Waals surface area contributed by atoms with Crippen LogP contribution >= 0.6 is 12.2 Å². The molecule has 0 radical (unpaired) electrons.